The Morgan fingerprint density at radius 1 is 1.12 bits per heavy atom. The first kappa shape index (κ1) is 17.1. The third-order valence-corrected chi connectivity index (χ3v) is 4.53. The number of nitrogens with zero attached hydrogens (tertiary/aromatic N) is 2. The molecule has 8 nitrogen and oxygen atoms in total. The first-order valence-electron chi connectivity index (χ1n) is 8.13. The SMILES string of the molecule is COc1cc2c(cc1OC)CN(C(=O)CN1C(=O)CCNC1=O)CC2. The van der Waals surface area contributed by atoms with Gasteiger partial charge < -0.3 is 19.7 Å². The molecule has 8 heteroatoms. The van der Waals surface area contributed by atoms with E-state index < -0.39 is 6.03 Å². The lowest BCUT2D eigenvalue weighted by Gasteiger charge is -2.32. The summed E-state index contributed by atoms with van der Waals surface area (Å²) >= 11 is 0. The van der Waals surface area contributed by atoms with Crippen LogP contribution in [0.3, 0.4) is 0 Å². The van der Waals surface area contributed by atoms with Gasteiger partial charge in [0.15, 0.2) is 11.5 Å². The van der Waals surface area contributed by atoms with E-state index in [9.17, 15) is 14.4 Å². The summed E-state index contributed by atoms with van der Waals surface area (Å²) in [5.41, 5.74) is 2.08. The average molecular weight is 347 g/mol. The van der Waals surface area contributed by atoms with E-state index in [0.29, 0.717) is 37.6 Å². The number of benzene rings is 1. The second-order valence-electron chi connectivity index (χ2n) is 6.00. The highest BCUT2D eigenvalue weighted by molar-refractivity contribution is 6.00. The monoisotopic (exact) mass is 347 g/mol. The molecule has 1 saturated heterocycles. The molecular weight excluding hydrogens is 326 g/mol. The summed E-state index contributed by atoms with van der Waals surface area (Å²) in [6, 6.07) is 3.29. The van der Waals surface area contributed by atoms with Crippen molar-refractivity contribution in [3.63, 3.8) is 0 Å². The van der Waals surface area contributed by atoms with Gasteiger partial charge in [-0.05, 0) is 29.7 Å². The van der Waals surface area contributed by atoms with Gasteiger partial charge in [-0.25, -0.2) is 4.79 Å². The molecule has 0 spiro atoms. The number of nitrogens with one attached hydrogen (secondary N) is 1. The number of rotatable bonds is 4. The van der Waals surface area contributed by atoms with Crippen molar-refractivity contribution < 1.29 is 23.9 Å². The molecule has 0 bridgehead atoms. The first-order chi connectivity index (χ1) is 12.0. The fourth-order valence-electron chi connectivity index (χ4n) is 3.11. The minimum atomic E-state index is -0.506. The molecule has 1 N–H and O–H groups in total. The molecular formula is C17H21N3O5. The quantitative estimate of drug-likeness (QED) is 0.858. The molecule has 1 aromatic rings. The van der Waals surface area contributed by atoms with Crippen molar-refractivity contribution >= 4 is 17.8 Å². The minimum Gasteiger partial charge on any atom is -0.493 e. The van der Waals surface area contributed by atoms with E-state index >= 15 is 0 Å². The molecule has 1 aromatic carbocycles. The number of hydrogen-bond acceptors (Lipinski definition) is 5. The van der Waals surface area contributed by atoms with Gasteiger partial charge in [0.05, 0.1) is 14.2 Å². The van der Waals surface area contributed by atoms with Gasteiger partial charge >= 0.3 is 6.03 Å². The standard InChI is InChI=1S/C17H21N3O5/c1-24-13-7-11-4-6-19(9-12(11)8-14(13)25-2)16(22)10-20-15(21)3-5-18-17(20)23/h7-8H,3-6,9-10H2,1-2H3,(H,18,23). The van der Waals surface area contributed by atoms with Crippen molar-refractivity contribution in [3.05, 3.63) is 23.3 Å². The fraction of sp³-hybridized carbons (Fsp3) is 0.471. The molecule has 25 heavy (non-hydrogen) atoms. The van der Waals surface area contributed by atoms with Crippen LogP contribution in [-0.2, 0) is 22.6 Å². The van der Waals surface area contributed by atoms with Crippen LogP contribution in [0.1, 0.15) is 17.5 Å². The first-order valence-corrected chi connectivity index (χ1v) is 8.13. The number of amides is 4. The lowest BCUT2D eigenvalue weighted by atomic mass is 9.98. The van der Waals surface area contributed by atoms with Crippen LogP contribution >= 0.6 is 0 Å². The van der Waals surface area contributed by atoms with Crippen molar-refractivity contribution in [1.82, 2.24) is 15.1 Å². The van der Waals surface area contributed by atoms with Crippen LogP contribution in [0.5, 0.6) is 11.5 Å². The summed E-state index contributed by atoms with van der Waals surface area (Å²) in [6.07, 6.45) is 0.903. The molecule has 0 aliphatic carbocycles. The van der Waals surface area contributed by atoms with E-state index in [-0.39, 0.29) is 24.8 Å². The van der Waals surface area contributed by atoms with Crippen molar-refractivity contribution in [2.24, 2.45) is 0 Å². The van der Waals surface area contributed by atoms with Crippen LogP contribution in [-0.4, -0.2) is 61.5 Å². The van der Waals surface area contributed by atoms with E-state index in [1.165, 1.54) is 0 Å². The largest absolute Gasteiger partial charge is 0.493 e. The number of imide groups is 1. The molecule has 4 amide bonds. The number of urea groups is 1. The molecule has 2 aliphatic rings. The van der Waals surface area contributed by atoms with Crippen LogP contribution in [0.25, 0.3) is 0 Å². The Balaban J connectivity index is 1.72. The van der Waals surface area contributed by atoms with Gasteiger partial charge in [0.25, 0.3) is 0 Å². The topological polar surface area (TPSA) is 88.2 Å². The molecule has 0 unspecified atom stereocenters. The number of ether oxygens (including phenoxy) is 2. The Bertz CT molecular complexity index is 702. The lowest BCUT2D eigenvalue weighted by molar-refractivity contribution is -0.139. The molecule has 3 rings (SSSR count). The zero-order valence-electron chi connectivity index (χ0n) is 14.3. The van der Waals surface area contributed by atoms with Gasteiger partial charge in [-0.3, -0.25) is 14.5 Å². The van der Waals surface area contributed by atoms with E-state index in [1.807, 2.05) is 12.1 Å². The van der Waals surface area contributed by atoms with Crippen LogP contribution in [0.15, 0.2) is 12.1 Å². The van der Waals surface area contributed by atoms with E-state index in [1.54, 1.807) is 19.1 Å². The van der Waals surface area contributed by atoms with Gasteiger partial charge in [0, 0.05) is 26.1 Å². The Labute approximate surface area is 145 Å². The fourth-order valence-corrected chi connectivity index (χ4v) is 3.11. The van der Waals surface area contributed by atoms with E-state index in [0.717, 1.165) is 16.0 Å². The van der Waals surface area contributed by atoms with Gasteiger partial charge in [0.1, 0.15) is 6.54 Å². The predicted molar refractivity (Wildman–Crippen MR) is 88.4 cm³/mol. The molecule has 0 saturated carbocycles. The van der Waals surface area contributed by atoms with Gasteiger partial charge in [-0.15, -0.1) is 0 Å². The molecule has 2 aliphatic heterocycles. The molecule has 0 radical (unpaired) electrons. The van der Waals surface area contributed by atoms with Crippen molar-refractivity contribution in [2.45, 2.75) is 19.4 Å². The summed E-state index contributed by atoms with van der Waals surface area (Å²) in [7, 11) is 3.15. The van der Waals surface area contributed by atoms with Crippen molar-refractivity contribution in [1.29, 1.82) is 0 Å². The normalized spacial score (nSPS) is 17.0. The molecule has 2 heterocycles. The van der Waals surface area contributed by atoms with E-state index in [2.05, 4.69) is 5.32 Å². The number of methoxy groups -OCH3 is 2. The Morgan fingerprint density at radius 3 is 2.44 bits per heavy atom. The highest BCUT2D eigenvalue weighted by atomic mass is 16.5. The van der Waals surface area contributed by atoms with Gasteiger partial charge in [-0.2, -0.15) is 0 Å². The minimum absolute atomic E-state index is 0.221. The molecule has 1 fully saturated rings. The second kappa shape index (κ2) is 7.00. The zero-order chi connectivity index (χ0) is 18.0. The summed E-state index contributed by atoms with van der Waals surface area (Å²) in [5.74, 6) is 0.712. The number of carbonyl (C=O) groups excluding carboxylic acids is 3. The van der Waals surface area contributed by atoms with Gasteiger partial charge in [-0.1, -0.05) is 0 Å². The van der Waals surface area contributed by atoms with Crippen LogP contribution in [0.4, 0.5) is 4.79 Å². The number of fused-ring (bicyclic) bond motifs is 1. The highest BCUT2D eigenvalue weighted by Crippen LogP contribution is 2.33. The third-order valence-electron chi connectivity index (χ3n) is 4.53. The Kier molecular flexibility index (Phi) is 4.78. The Morgan fingerprint density at radius 2 is 1.80 bits per heavy atom. The maximum absolute atomic E-state index is 12.5. The summed E-state index contributed by atoms with van der Waals surface area (Å²) < 4.78 is 10.6. The summed E-state index contributed by atoms with van der Waals surface area (Å²) in [6.45, 7) is 1.04. The van der Waals surface area contributed by atoms with Crippen molar-refractivity contribution in [3.8, 4) is 11.5 Å². The number of carbonyl (C=O) groups is 3. The molecule has 0 atom stereocenters. The van der Waals surface area contributed by atoms with Gasteiger partial charge in [0.2, 0.25) is 11.8 Å². The smallest absolute Gasteiger partial charge is 0.324 e. The molecule has 134 valence electrons. The lowest BCUT2D eigenvalue weighted by Crippen LogP contribution is -2.53. The maximum atomic E-state index is 12.5. The average Bonchev–Trinajstić information content (AvgIpc) is 2.62. The van der Waals surface area contributed by atoms with Crippen molar-refractivity contribution in [2.75, 3.05) is 33.9 Å². The second-order valence-corrected chi connectivity index (χ2v) is 6.00. The molecule has 0 aromatic heterocycles. The summed E-state index contributed by atoms with van der Waals surface area (Å²) in [5, 5.41) is 2.58. The van der Waals surface area contributed by atoms with Crippen LogP contribution in [0, 0.1) is 0 Å². The van der Waals surface area contributed by atoms with Crippen LogP contribution < -0.4 is 14.8 Å². The number of hydrogen-bond donors (Lipinski definition) is 1. The van der Waals surface area contributed by atoms with Crippen LogP contribution in [0.2, 0.25) is 0 Å². The highest BCUT2D eigenvalue weighted by Gasteiger charge is 2.30. The predicted octanol–water partition coefficient (Wildman–Crippen LogP) is 0.530. The third kappa shape index (κ3) is 3.38. The summed E-state index contributed by atoms with van der Waals surface area (Å²) in [4.78, 5) is 38.8. The Hall–Kier alpha value is -2.77. The maximum Gasteiger partial charge on any atom is 0.324 e. The van der Waals surface area contributed by atoms with E-state index in [4.69, 9.17) is 9.47 Å². The zero-order valence-corrected chi connectivity index (χ0v) is 14.3.